The molecule has 1 atom stereocenters. The number of hydrogen-bond acceptors (Lipinski definition) is 5. The van der Waals surface area contributed by atoms with Crippen molar-refractivity contribution in [1.29, 1.82) is 0 Å². The van der Waals surface area contributed by atoms with Gasteiger partial charge >= 0.3 is 0 Å². The van der Waals surface area contributed by atoms with E-state index in [0.29, 0.717) is 5.92 Å². The SMILES string of the molecule is O=c1cc(-c2ccncc2)nc2n1CCCN2C[C@@H]1Cc2cccnc2C1. The minimum atomic E-state index is 0.0212. The van der Waals surface area contributed by atoms with Crippen LogP contribution in [0.3, 0.4) is 0 Å². The third-order valence-electron chi connectivity index (χ3n) is 5.51. The second kappa shape index (κ2) is 6.61. The van der Waals surface area contributed by atoms with Gasteiger partial charge in [-0.3, -0.25) is 19.3 Å². The molecule has 0 saturated carbocycles. The van der Waals surface area contributed by atoms with Crippen molar-refractivity contribution < 1.29 is 0 Å². The first-order valence-electron chi connectivity index (χ1n) is 9.48. The molecule has 2 aliphatic rings. The van der Waals surface area contributed by atoms with Crippen molar-refractivity contribution in [3.8, 4) is 11.3 Å². The monoisotopic (exact) mass is 359 g/mol. The van der Waals surface area contributed by atoms with Crippen LogP contribution in [0.15, 0.2) is 53.7 Å². The normalized spacial score (nSPS) is 18.2. The molecule has 5 rings (SSSR count). The van der Waals surface area contributed by atoms with Gasteiger partial charge in [0.2, 0.25) is 5.95 Å². The van der Waals surface area contributed by atoms with Crippen LogP contribution in [0.5, 0.6) is 0 Å². The summed E-state index contributed by atoms with van der Waals surface area (Å²) in [5, 5.41) is 0. The summed E-state index contributed by atoms with van der Waals surface area (Å²) in [6, 6.07) is 9.62. The predicted octanol–water partition coefficient (Wildman–Crippen LogP) is 2.33. The summed E-state index contributed by atoms with van der Waals surface area (Å²) in [6.07, 6.45) is 8.36. The summed E-state index contributed by atoms with van der Waals surface area (Å²) in [7, 11) is 0. The van der Waals surface area contributed by atoms with E-state index in [4.69, 9.17) is 4.98 Å². The highest BCUT2D eigenvalue weighted by Gasteiger charge is 2.27. The van der Waals surface area contributed by atoms with Crippen LogP contribution in [0.1, 0.15) is 17.7 Å². The molecule has 1 aliphatic carbocycles. The molecular weight excluding hydrogens is 338 g/mol. The fourth-order valence-electron chi connectivity index (χ4n) is 4.25. The third-order valence-corrected chi connectivity index (χ3v) is 5.51. The average Bonchev–Trinajstić information content (AvgIpc) is 3.11. The minimum Gasteiger partial charge on any atom is -0.342 e. The van der Waals surface area contributed by atoms with Gasteiger partial charge in [-0.05, 0) is 48.9 Å². The zero-order valence-electron chi connectivity index (χ0n) is 15.1. The molecule has 3 aromatic heterocycles. The molecule has 6 nitrogen and oxygen atoms in total. The van der Waals surface area contributed by atoms with E-state index in [1.807, 2.05) is 29.0 Å². The number of hydrogen-bond donors (Lipinski definition) is 0. The summed E-state index contributed by atoms with van der Waals surface area (Å²) >= 11 is 0. The maximum Gasteiger partial charge on any atom is 0.255 e. The Bertz CT molecular complexity index is 1010. The van der Waals surface area contributed by atoms with Crippen LogP contribution in [0, 0.1) is 5.92 Å². The summed E-state index contributed by atoms with van der Waals surface area (Å²) < 4.78 is 1.81. The van der Waals surface area contributed by atoms with Crippen LogP contribution in [0.2, 0.25) is 0 Å². The van der Waals surface area contributed by atoms with Crippen molar-refractivity contribution in [2.75, 3.05) is 18.0 Å². The van der Waals surface area contributed by atoms with Crippen LogP contribution >= 0.6 is 0 Å². The highest BCUT2D eigenvalue weighted by molar-refractivity contribution is 5.59. The Morgan fingerprint density at radius 2 is 1.96 bits per heavy atom. The summed E-state index contributed by atoms with van der Waals surface area (Å²) in [6.45, 7) is 2.58. The van der Waals surface area contributed by atoms with E-state index in [0.717, 1.165) is 56.1 Å². The molecule has 136 valence electrons. The maximum absolute atomic E-state index is 12.7. The molecule has 27 heavy (non-hydrogen) atoms. The number of aromatic nitrogens is 4. The van der Waals surface area contributed by atoms with Crippen LogP contribution in [0.25, 0.3) is 11.3 Å². The highest BCUT2D eigenvalue weighted by Crippen LogP contribution is 2.28. The lowest BCUT2D eigenvalue weighted by atomic mass is 10.1. The number of rotatable bonds is 3. The molecule has 0 N–H and O–H groups in total. The molecule has 1 aliphatic heterocycles. The quantitative estimate of drug-likeness (QED) is 0.718. The van der Waals surface area contributed by atoms with Gasteiger partial charge in [0.15, 0.2) is 0 Å². The van der Waals surface area contributed by atoms with Gasteiger partial charge in [-0.25, -0.2) is 4.98 Å². The van der Waals surface area contributed by atoms with E-state index in [2.05, 4.69) is 20.9 Å². The van der Waals surface area contributed by atoms with Gasteiger partial charge in [0.1, 0.15) is 0 Å². The van der Waals surface area contributed by atoms with Crippen molar-refractivity contribution in [1.82, 2.24) is 19.5 Å². The van der Waals surface area contributed by atoms with Gasteiger partial charge in [-0.2, -0.15) is 0 Å². The summed E-state index contributed by atoms with van der Waals surface area (Å²) in [4.78, 5) is 28.4. The molecule has 0 spiro atoms. The van der Waals surface area contributed by atoms with E-state index in [-0.39, 0.29) is 5.56 Å². The van der Waals surface area contributed by atoms with Crippen LogP contribution in [-0.4, -0.2) is 32.6 Å². The zero-order valence-corrected chi connectivity index (χ0v) is 15.1. The molecule has 3 aromatic rings. The van der Waals surface area contributed by atoms with E-state index in [1.54, 1.807) is 18.5 Å². The van der Waals surface area contributed by atoms with Crippen molar-refractivity contribution >= 4 is 5.95 Å². The van der Waals surface area contributed by atoms with Crippen LogP contribution < -0.4 is 10.5 Å². The standard InChI is InChI=1S/C21H21N5O/c27-20-13-19(16-4-7-22-8-5-16)24-21-25(9-2-10-26(20)21)14-15-11-17-3-1-6-23-18(17)12-15/h1,3-8,13,15H,2,9-12,14H2/t15-/m1/s1. The van der Waals surface area contributed by atoms with Gasteiger partial charge < -0.3 is 4.90 Å². The lowest BCUT2D eigenvalue weighted by Crippen LogP contribution is -2.41. The van der Waals surface area contributed by atoms with Gasteiger partial charge in [-0.1, -0.05) is 6.07 Å². The molecule has 4 heterocycles. The molecule has 6 heteroatoms. The number of fused-ring (bicyclic) bond motifs is 2. The van der Waals surface area contributed by atoms with E-state index >= 15 is 0 Å². The van der Waals surface area contributed by atoms with Crippen molar-refractivity contribution in [3.05, 3.63) is 70.5 Å². The Labute approximate surface area is 157 Å². The first kappa shape index (κ1) is 16.2. The first-order chi connectivity index (χ1) is 13.3. The Kier molecular flexibility index (Phi) is 3.96. The molecule has 0 bridgehead atoms. The molecule has 0 aromatic carbocycles. The fourth-order valence-corrected chi connectivity index (χ4v) is 4.25. The number of nitrogens with zero attached hydrogens (tertiary/aromatic N) is 5. The van der Waals surface area contributed by atoms with Gasteiger partial charge in [-0.15, -0.1) is 0 Å². The molecular formula is C21H21N5O. The van der Waals surface area contributed by atoms with Gasteiger partial charge in [0.25, 0.3) is 5.56 Å². The molecule has 0 saturated heterocycles. The fraction of sp³-hybridized carbons (Fsp3) is 0.333. The number of anilines is 1. The molecule has 0 unspecified atom stereocenters. The highest BCUT2D eigenvalue weighted by atomic mass is 16.1. The van der Waals surface area contributed by atoms with Crippen LogP contribution in [-0.2, 0) is 19.4 Å². The number of pyridine rings is 2. The predicted molar refractivity (Wildman–Crippen MR) is 104 cm³/mol. The maximum atomic E-state index is 12.7. The molecule has 0 amide bonds. The first-order valence-corrected chi connectivity index (χ1v) is 9.48. The van der Waals surface area contributed by atoms with E-state index in [9.17, 15) is 4.79 Å². The topological polar surface area (TPSA) is 63.9 Å². The Balaban J connectivity index is 1.46. The largest absolute Gasteiger partial charge is 0.342 e. The Hall–Kier alpha value is -3.02. The minimum absolute atomic E-state index is 0.0212. The van der Waals surface area contributed by atoms with Crippen molar-refractivity contribution in [2.24, 2.45) is 5.92 Å². The Morgan fingerprint density at radius 3 is 2.81 bits per heavy atom. The molecule has 0 fully saturated rings. The van der Waals surface area contributed by atoms with Crippen molar-refractivity contribution in [3.63, 3.8) is 0 Å². The van der Waals surface area contributed by atoms with Crippen molar-refractivity contribution in [2.45, 2.75) is 25.8 Å². The Morgan fingerprint density at radius 1 is 1.07 bits per heavy atom. The molecule has 0 radical (unpaired) electrons. The lowest BCUT2D eigenvalue weighted by molar-refractivity contribution is 0.476. The third kappa shape index (κ3) is 3.01. The van der Waals surface area contributed by atoms with Gasteiger partial charge in [0, 0.05) is 55.5 Å². The summed E-state index contributed by atoms with van der Waals surface area (Å²) in [5.74, 6) is 1.31. The van der Waals surface area contributed by atoms with Crippen LogP contribution in [0.4, 0.5) is 5.95 Å². The lowest BCUT2D eigenvalue weighted by Gasteiger charge is -2.32. The second-order valence-corrected chi connectivity index (χ2v) is 7.35. The summed E-state index contributed by atoms with van der Waals surface area (Å²) in [5.41, 5.74) is 4.24. The van der Waals surface area contributed by atoms with Gasteiger partial charge in [0.05, 0.1) is 5.69 Å². The zero-order chi connectivity index (χ0) is 18.2. The smallest absolute Gasteiger partial charge is 0.255 e. The second-order valence-electron chi connectivity index (χ2n) is 7.35. The average molecular weight is 359 g/mol. The van der Waals surface area contributed by atoms with E-state index < -0.39 is 0 Å². The van der Waals surface area contributed by atoms with E-state index in [1.165, 1.54) is 11.3 Å².